The summed E-state index contributed by atoms with van der Waals surface area (Å²) in [5, 5.41) is 0. The Morgan fingerprint density at radius 1 is 0.800 bits per heavy atom. The maximum atomic E-state index is 12.0. The summed E-state index contributed by atoms with van der Waals surface area (Å²) in [6.07, 6.45) is 5.47. The first-order valence-electron chi connectivity index (χ1n) is 6.65. The van der Waals surface area contributed by atoms with E-state index < -0.39 is 9.84 Å². The SMILES string of the molecule is O=S(=O)(C/C=C/CCc1ccccc1)c1ccccc1. The Labute approximate surface area is 120 Å². The molecular formula is C17H18O2S. The smallest absolute Gasteiger partial charge is 0.181 e. The molecule has 2 aromatic carbocycles. The molecule has 0 amide bonds. The highest BCUT2D eigenvalue weighted by Crippen LogP contribution is 2.10. The predicted octanol–water partition coefficient (Wildman–Crippen LogP) is 3.65. The molecule has 2 nitrogen and oxygen atoms in total. The van der Waals surface area contributed by atoms with E-state index in [0.29, 0.717) is 4.90 Å². The molecule has 0 N–H and O–H groups in total. The summed E-state index contributed by atoms with van der Waals surface area (Å²) in [5.74, 6) is 0.0613. The molecule has 0 aliphatic carbocycles. The average molecular weight is 286 g/mol. The Kier molecular flexibility index (Phi) is 5.13. The van der Waals surface area contributed by atoms with E-state index in [2.05, 4.69) is 12.1 Å². The second kappa shape index (κ2) is 7.06. The normalized spacial score (nSPS) is 11.8. The van der Waals surface area contributed by atoms with Crippen LogP contribution < -0.4 is 0 Å². The predicted molar refractivity (Wildman–Crippen MR) is 82.4 cm³/mol. The van der Waals surface area contributed by atoms with Crippen LogP contribution in [0.25, 0.3) is 0 Å². The molecular weight excluding hydrogens is 268 g/mol. The number of benzene rings is 2. The van der Waals surface area contributed by atoms with Gasteiger partial charge >= 0.3 is 0 Å². The van der Waals surface area contributed by atoms with Crippen LogP contribution in [0.4, 0.5) is 0 Å². The van der Waals surface area contributed by atoms with E-state index in [0.717, 1.165) is 12.8 Å². The fraction of sp³-hybridized carbons (Fsp3) is 0.176. The first-order valence-corrected chi connectivity index (χ1v) is 8.30. The van der Waals surface area contributed by atoms with E-state index in [1.807, 2.05) is 30.3 Å². The first-order chi connectivity index (χ1) is 9.68. The van der Waals surface area contributed by atoms with Gasteiger partial charge in [-0.25, -0.2) is 8.42 Å². The maximum Gasteiger partial charge on any atom is 0.181 e. The van der Waals surface area contributed by atoms with Gasteiger partial charge in [-0.15, -0.1) is 0 Å². The van der Waals surface area contributed by atoms with Crippen molar-refractivity contribution in [1.29, 1.82) is 0 Å². The van der Waals surface area contributed by atoms with E-state index >= 15 is 0 Å². The number of aryl methyl sites for hydroxylation is 1. The summed E-state index contributed by atoms with van der Waals surface area (Å²) in [5.41, 5.74) is 1.27. The minimum Gasteiger partial charge on any atom is -0.223 e. The Morgan fingerprint density at radius 2 is 1.40 bits per heavy atom. The Morgan fingerprint density at radius 3 is 2.05 bits per heavy atom. The molecule has 0 fully saturated rings. The second-order valence-corrected chi connectivity index (χ2v) is 6.62. The van der Waals surface area contributed by atoms with Gasteiger partial charge in [0, 0.05) is 0 Å². The van der Waals surface area contributed by atoms with Crippen LogP contribution in [-0.2, 0) is 16.3 Å². The fourth-order valence-corrected chi connectivity index (χ4v) is 3.09. The number of allylic oxidation sites excluding steroid dienone is 1. The van der Waals surface area contributed by atoms with Crippen LogP contribution in [-0.4, -0.2) is 14.2 Å². The molecule has 0 bridgehead atoms. The molecule has 0 unspecified atom stereocenters. The van der Waals surface area contributed by atoms with Crippen molar-refractivity contribution in [3.8, 4) is 0 Å². The third-order valence-electron chi connectivity index (χ3n) is 3.03. The van der Waals surface area contributed by atoms with Crippen LogP contribution in [0.15, 0.2) is 77.7 Å². The quantitative estimate of drug-likeness (QED) is 0.760. The minimum absolute atomic E-state index is 0.0613. The minimum atomic E-state index is -3.19. The molecule has 0 saturated carbocycles. The van der Waals surface area contributed by atoms with E-state index in [4.69, 9.17) is 0 Å². The van der Waals surface area contributed by atoms with Crippen LogP contribution in [0.5, 0.6) is 0 Å². The van der Waals surface area contributed by atoms with Gasteiger partial charge in [0.2, 0.25) is 0 Å². The zero-order valence-electron chi connectivity index (χ0n) is 11.3. The molecule has 3 heteroatoms. The lowest BCUT2D eigenvalue weighted by atomic mass is 10.1. The maximum absolute atomic E-state index is 12.0. The van der Waals surface area contributed by atoms with Crippen LogP contribution in [0.2, 0.25) is 0 Å². The summed E-state index contributed by atoms with van der Waals surface area (Å²) >= 11 is 0. The molecule has 0 saturated heterocycles. The van der Waals surface area contributed by atoms with Crippen LogP contribution in [0.1, 0.15) is 12.0 Å². The Bertz CT molecular complexity index is 644. The number of hydrogen-bond acceptors (Lipinski definition) is 2. The molecule has 0 heterocycles. The summed E-state index contributed by atoms with van der Waals surface area (Å²) in [6, 6.07) is 18.7. The molecule has 0 aliphatic rings. The van der Waals surface area contributed by atoms with Gasteiger partial charge in [0.25, 0.3) is 0 Å². The summed E-state index contributed by atoms with van der Waals surface area (Å²) in [4.78, 5) is 0.382. The van der Waals surface area contributed by atoms with Gasteiger partial charge in [0.05, 0.1) is 10.6 Å². The van der Waals surface area contributed by atoms with E-state index in [1.165, 1.54) is 5.56 Å². The van der Waals surface area contributed by atoms with Crippen molar-refractivity contribution < 1.29 is 8.42 Å². The van der Waals surface area contributed by atoms with Gasteiger partial charge in [0.15, 0.2) is 9.84 Å². The van der Waals surface area contributed by atoms with Crippen LogP contribution in [0.3, 0.4) is 0 Å². The summed E-state index contributed by atoms with van der Waals surface area (Å²) in [6.45, 7) is 0. The lowest BCUT2D eigenvalue weighted by Crippen LogP contribution is -2.04. The number of sulfone groups is 1. The lowest BCUT2D eigenvalue weighted by molar-refractivity contribution is 0.599. The third-order valence-corrected chi connectivity index (χ3v) is 4.65. The molecule has 2 rings (SSSR count). The summed E-state index contributed by atoms with van der Waals surface area (Å²) in [7, 11) is -3.19. The molecule has 0 aliphatic heterocycles. The zero-order valence-corrected chi connectivity index (χ0v) is 12.1. The largest absolute Gasteiger partial charge is 0.223 e. The average Bonchev–Trinajstić information content (AvgIpc) is 2.49. The van der Waals surface area contributed by atoms with Crippen molar-refractivity contribution in [2.45, 2.75) is 17.7 Å². The number of rotatable bonds is 6. The van der Waals surface area contributed by atoms with E-state index in [-0.39, 0.29) is 5.75 Å². The molecule has 0 aromatic heterocycles. The monoisotopic (exact) mass is 286 g/mol. The van der Waals surface area contributed by atoms with Gasteiger partial charge in [-0.2, -0.15) is 0 Å². The van der Waals surface area contributed by atoms with Crippen LogP contribution in [0, 0.1) is 0 Å². The lowest BCUT2D eigenvalue weighted by Gasteiger charge is -2.00. The molecule has 0 radical (unpaired) electrons. The van der Waals surface area contributed by atoms with Crippen molar-refractivity contribution in [2.75, 3.05) is 5.75 Å². The fourth-order valence-electron chi connectivity index (χ4n) is 1.93. The van der Waals surface area contributed by atoms with Gasteiger partial charge in [-0.05, 0) is 30.5 Å². The summed E-state index contributed by atoms with van der Waals surface area (Å²) < 4.78 is 24.0. The molecule has 20 heavy (non-hydrogen) atoms. The topological polar surface area (TPSA) is 34.1 Å². The van der Waals surface area contributed by atoms with Gasteiger partial charge in [-0.1, -0.05) is 60.7 Å². The molecule has 0 atom stereocenters. The van der Waals surface area contributed by atoms with Gasteiger partial charge in [0.1, 0.15) is 0 Å². The first kappa shape index (κ1) is 14.5. The molecule has 2 aromatic rings. The molecule has 104 valence electrons. The third kappa shape index (κ3) is 4.35. The van der Waals surface area contributed by atoms with Crippen molar-refractivity contribution in [3.63, 3.8) is 0 Å². The van der Waals surface area contributed by atoms with Crippen molar-refractivity contribution in [1.82, 2.24) is 0 Å². The van der Waals surface area contributed by atoms with E-state index in [1.54, 1.807) is 30.3 Å². The Hall–Kier alpha value is -1.87. The van der Waals surface area contributed by atoms with Crippen molar-refractivity contribution >= 4 is 9.84 Å². The second-order valence-electron chi connectivity index (χ2n) is 4.59. The highest BCUT2D eigenvalue weighted by molar-refractivity contribution is 7.91. The highest BCUT2D eigenvalue weighted by Gasteiger charge is 2.10. The van der Waals surface area contributed by atoms with Crippen LogP contribution >= 0.6 is 0 Å². The van der Waals surface area contributed by atoms with Gasteiger partial charge in [-0.3, -0.25) is 0 Å². The standard InChI is InChI=1S/C17H18O2S/c18-20(19,17-13-7-2-8-14-17)15-9-3-6-12-16-10-4-1-5-11-16/h1-5,7-11,13-14H,6,12,15H2/b9-3+. The van der Waals surface area contributed by atoms with Crippen molar-refractivity contribution in [3.05, 3.63) is 78.4 Å². The van der Waals surface area contributed by atoms with E-state index in [9.17, 15) is 8.42 Å². The highest BCUT2D eigenvalue weighted by atomic mass is 32.2. The molecule has 0 spiro atoms. The van der Waals surface area contributed by atoms with Gasteiger partial charge < -0.3 is 0 Å². The zero-order chi connectivity index (χ0) is 14.3. The number of hydrogen-bond donors (Lipinski definition) is 0. The van der Waals surface area contributed by atoms with Crippen molar-refractivity contribution in [2.24, 2.45) is 0 Å². The Balaban J connectivity index is 1.84.